The Morgan fingerprint density at radius 2 is 1.71 bits per heavy atom. The Hall–Kier alpha value is -1.59. The molecular formula is C19H27N3O2. The van der Waals surface area contributed by atoms with E-state index in [4.69, 9.17) is 4.42 Å². The highest BCUT2D eigenvalue weighted by Crippen LogP contribution is 2.24. The van der Waals surface area contributed by atoms with Crippen LogP contribution in [0.3, 0.4) is 0 Å². The predicted molar refractivity (Wildman–Crippen MR) is 95.5 cm³/mol. The fourth-order valence-corrected chi connectivity index (χ4v) is 4.24. The lowest BCUT2D eigenvalue weighted by Crippen LogP contribution is -2.43. The maximum atomic E-state index is 12.3. The zero-order valence-electron chi connectivity index (χ0n) is 14.3. The maximum Gasteiger partial charge on any atom is 0.420 e. The van der Waals surface area contributed by atoms with Gasteiger partial charge in [-0.25, -0.2) is 4.79 Å². The number of rotatable bonds is 4. The van der Waals surface area contributed by atoms with Gasteiger partial charge in [0.25, 0.3) is 0 Å². The topological polar surface area (TPSA) is 41.6 Å². The number of hydrogen-bond donors (Lipinski definition) is 0. The predicted octanol–water partition coefficient (Wildman–Crippen LogP) is 2.72. The van der Waals surface area contributed by atoms with Crippen molar-refractivity contribution in [3.05, 3.63) is 34.8 Å². The van der Waals surface area contributed by atoms with Gasteiger partial charge in [-0.2, -0.15) is 0 Å². The Morgan fingerprint density at radius 1 is 0.958 bits per heavy atom. The molecule has 0 radical (unpaired) electrons. The lowest BCUT2D eigenvalue weighted by atomic mass is 10.0. The molecule has 5 heteroatoms. The number of hydrogen-bond acceptors (Lipinski definition) is 4. The minimum Gasteiger partial charge on any atom is -0.408 e. The summed E-state index contributed by atoms with van der Waals surface area (Å²) in [5.41, 5.74) is 1.64. The first-order valence-electron chi connectivity index (χ1n) is 9.36. The number of benzene rings is 1. The molecule has 0 saturated carbocycles. The summed E-state index contributed by atoms with van der Waals surface area (Å²) in [5.74, 6) is -0.209. The van der Waals surface area contributed by atoms with Crippen LogP contribution in [0.15, 0.2) is 33.5 Å². The molecule has 0 aliphatic carbocycles. The highest BCUT2D eigenvalue weighted by molar-refractivity contribution is 5.72. The van der Waals surface area contributed by atoms with Crippen molar-refractivity contribution < 1.29 is 4.42 Å². The Morgan fingerprint density at radius 3 is 2.58 bits per heavy atom. The molecule has 24 heavy (non-hydrogen) atoms. The van der Waals surface area contributed by atoms with Crippen LogP contribution in [-0.2, 0) is 0 Å². The molecule has 0 amide bonds. The molecule has 2 aliphatic rings. The van der Waals surface area contributed by atoms with Crippen molar-refractivity contribution in [2.24, 2.45) is 0 Å². The van der Waals surface area contributed by atoms with E-state index in [9.17, 15) is 4.79 Å². The van der Waals surface area contributed by atoms with Gasteiger partial charge in [-0.05, 0) is 57.5 Å². The molecule has 2 aromatic rings. The van der Waals surface area contributed by atoms with Gasteiger partial charge in [0.2, 0.25) is 0 Å². The lowest BCUT2D eigenvalue weighted by Gasteiger charge is -2.35. The van der Waals surface area contributed by atoms with Crippen molar-refractivity contribution in [2.45, 2.75) is 38.1 Å². The Balaban J connectivity index is 1.44. The molecule has 0 spiro atoms. The molecule has 1 aromatic carbocycles. The van der Waals surface area contributed by atoms with Crippen LogP contribution in [0.1, 0.15) is 38.1 Å². The smallest absolute Gasteiger partial charge is 0.408 e. The SMILES string of the molecule is O=c1oc2ccccc2n1C1CCCN(CCN2CCCCC2)C1. The van der Waals surface area contributed by atoms with Crippen molar-refractivity contribution in [2.75, 3.05) is 39.3 Å². The summed E-state index contributed by atoms with van der Waals surface area (Å²) in [4.78, 5) is 17.4. The van der Waals surface area contributed by atoms with Crippen LogP contribution in [0.4, 0.5) is 0 Å². The summed E-state index contributed by atoms with van der Waals surface area (Å²) in [5, 5.41) is 0. The van der Waals surface area contributed by atoms with E-state index in [1.807, 2.05) is 28.8 Å². The molecule has 1 atom stereocenters. The van der Waals surface area contributed by atoms with Crippen LogP contribution < -0.4 is 5.76 Å². The second-order valence-electron chi connectivity index (χ2n) is 7.20. The number of oxazole rings is 1. The van der Waals surface area contributed by atoms with Gasteiger partial charge in [0, 0.05) is 19.6 Å². The van der Waals surface area contributed by atoms with Crippen LogP contribution in [0, 0.1) is 0 Å². The van der Waals surface area contributed by atoms with Crippen molar-refractivity contribution in [3.63, 3.8) is 0 Å². The van der Waals surface area contributed by atoms with Gasteiger partial charge in [0.05, 0.1) is 11.6 Å². The molecule has 5 nitrogen and oxygen atoms in total. The van der Waals surface area contributed by atoms with Gasteiger partial charge in [-0.1, -0.05) is 18.6 Å². The minimum atomic E-state index is -0.209. The summed E-state index contributed by atoms with van der Waals surface area (Å²) in [7, 11) is 0. The van der Waals surface area contributed by atoms with E-state index >= 15 is 0 Å². The van der Waals surface area contributed by atoms with Crippen LogP contribution in [0.5, 0.6) is 0 Å². The second kappa shape index (κ2) is 7.11. The van der Waals surface area contributed by atoms with Gasteiger partial charge in [0.15, 0.2) is 5.58 Å². The van der Waals surface area contributed by atoms with Gasteiger partial charge < -0.3 is 14.2 Å². The third-order valence-corrected chi connectivity index (χ3v) is 5.55. The first-order valence-corrected chi connectivity index (χ1v) is 9.36. The lowest BCUT2D eigenvalue weighted by molar-refractivity contribution is 0.140. The maximum absolute atomic E-state index is 12.3. The van der Waals surface area contributed by atoms with E-state index in [2.05, 4.69) is 9.80 Å². The van der Waals surface area contributed by atoms with Crippen LogP contribution in [0.2, 0.25) is 0 Å². The Labute approximate surface area is 142 Å². The van der Waals surface area contributed by atoms with Crippen molar-refractivity contribution in [1.29, 1.82) is 0 Å². The normalized spacial score (nSPS) is 23.8. The van der Waals surface area contributed by atoms with Crippen LogP contribution in [-0.4, -0.2) is 53.6 Å². The summed E-state index contributed by atoms with van der Waals surface area (Å²) >= 11 is 0. The standard InChI is InChI=1S/C19H27N3O2/c23-19-22(17-8-2-3-9-18(17)24-19)16-7-6-12-21(15-16)14-13-20-10-4-1-5-11-20/h2-3,8-9,16H,1,4-7,10-15H2. The third kappa shape index (κ3) is 3.28. The number of nitrogens with zero attached hydrogens (tertiary/aromatic N) is 3. The Kier molecular flexibility index (Phi) is 4.72. The zero-order chi connectivity index (χ0) is 16.4. The monoisotopic (exact) mass is 329 g/mol. The van der Waals surface area contributed by atoms with Gasteiger partial charge in [0.1, 0.15) is 0 Å². The van der Waals surface area contributed by atoms with E-state index < -0.39 is 0 Å². The van der Waals surface area contributed by atoms with Crippen molar-refractivity contribution >= 4 is 11.1 Å². The van der Waals surface area contributed by atoms with Crippen molar-refractivity contribution in [1.82, 2.24) is 14.4 Å². The molecule has 1 aromatic heterocycles. The quantitative estimate of drug-likeness (QED) is 0.865. The molecule has 2 aliphatic heterocycles. The minimum absolute atomic E-state index is 0.209. The average molecular weight is 329 g/mol. The number of para-hydroxylation sites is 2. The van der Waals surface area contributed by atoms with E-state index in [0.717, 1.165) is 44.5 Å². The molecule has 0 bridgehead atoms. The number of likely N-dealkylation sites (tertiary alicyclic amines) is 2. The molecular weight excluding hydrogens is 302 g/mol. The second-order valence-corrected chi connectivity index (χ2v) is 7.20. The fourth-order valence-electron chi connectivity index (χ4n) is 4.24. The number of fused-ring (bicyclic) bond motifs is 1. The van der Waals surface area contributed by atoms with Gasteiger partial charge in [-0.15, -0.1) is 0 Å². The molecule has 3 heterocycles. The molecule has 130 valence electrons. The Bertz CT molecular complexity index is 730. The highest BCUT2D eigenvalue weighted by Gasteiger charge is 2.25. The van der Waals surface area contributed by atoms with Crippen LogP contribution in [0.25, 0.3) is 11.1 Å². The van der Waals surface area contributed by atoms with Gasteiger partial charge in [-0.3, -0.25) is 4.57 Å². The summed E-state index contributed by atoms with van der Waals surface area (Å²) in [6.45, 7) is 6.88. The molecule has 1 unspecified atom stereocenters. The molecule has 2 fully saturated rings. The van der Waals surface area contributed by atoms with Crippen molar-refractivity contribution in [3.8, 4) is 0 Å². The molecule has 0 N–H and O–H groups in total. The average Bonchev–Trinajstić information content (AvgIpc) is 2.97. The van der Waals surface area contributed by atoms with Gasteiger partial charge >= 0.3 is 5.76 Å². The first-order chi connectivity index (χ1) is 11.8. The molecule has 4 rings (SSSR count). The van der Waals surface area contributed by atoms with E-state index in [1.54, 1.807) is 0 Å². The number of piperidine rings is 2. The largest absolute Gasteiger partial charge is 0.420 e. The summed E-state index contributed by atoms with van der Waals surface area (Å²) in [6.07, 6.45) is 6.29. The summed E-state index contributed by atoms with van der Waals surface area (Å²) in [6, 6.07) is 8.00. The van der Waals surface area contributed by atoms with E-state index in [1.165, 1.54) is 32.4 Å². The van der Waals surface area contributed by atoms with E-state index in [-0.39, 0.29) is 11.8 Å². The van der Waals surface area contributed by atoms with E-state index in [0.29, 0.717) is 5.58 Å². The summed E-state index contributed by atoms with van der Waals surface area (Å²) < 4.78 is 7.30. The first kappa shape index (κ1) is 15.9. The fraction of sp³-hybridized carbons (Fsp3) is 0.632. The van der Waals surface area contributed by atoms with Crippen LogP contribution >= 0.6 is 0 Å². The third-order valence-electron chi connectivity index (χ3n) is 5.55. The molecule has 2 saturated heterocycles. The highest BCUT2D eigenvalue weighted by atomic mass is 16.4. The number of aromatic nitrogens is 1. The zero-order valence-corrected chi connectivity index (χ0v) is 14.3.